The van der Waals surface area contributed by atoms with Crippen LogP contribution in [0.15, 0.2) is 18.2 Å². The van der Waals surface area contributed by atoms with Gasteiger partial charge in [0.1, 0.15) is 5.82 Å². The van der Waals surface area contributed by atoms with E-state index in [-0.39, 0.29) is 24.4 Å². The van der Waals surface area contributed by atoms with Crippen LogP contribution in [0.25, 0.3) is 0 Å². The van der Waals surface area contributed by atoms with Gasteiger partial charge >= 0.3 is 5.97 Å². The summed E-state index contributed by atoms with van der Waals surface area (Å²) in [4.78, 5) is 32.9. The Bertz CT molecular complexity index is 546. The first-order valence-corrected chi connectivity index (χ1v) is 6.47. The number of hydrogen-bond donors (Lipinski definition) is 3. The van der Waals surface area contributed by atoms with Crippen LogP contribution in [0.2, 0.25) is 0 Å². The fourth-order valence-corrected chi connectivity index (χ4v) is 1.68. The molecule has 2 amide bonds. The van der Waals surface area contributed by atoms with Gasteiger partial charge < -0.3 is 15.7 Å². The molecule has 21 heavy (non-hydrogen) atoms. The van der Waals surface area contributed by atoms with Gasteiger partial charge in [0.25, 0.3) is 0 Å². The van der Waals surface area contributed by atoms with Crippen molar-refractivity contribution >= 4 is 29.2 Å². The molecular weight excluding hydrogens is 279 g/mol. The van der Waals surface area contributed by atoms with E-state index in [9.17, 15) is 18.8 Å². The third-order valence-electron chi connectivity index (χ3n) is 2.61. The van der Waals surface area contributed by atoms with Crippen molar-refractivity contribution in [2.75, 3.05) is 10.6 Å². The number of halogens is 1. The maximum Gasteiger partial charge on any atom is 0.303 e. The predicted octanol–water partition coefficient (Wildman–Crippen LogP) is 2.37. The minimum absolute atomic E-state index is 0.000339. The molecule has 0 saturated carbocycles. The maximum atomic E-state index is 13.6. The topological polar surface area (TPSA) is 95.5 Å². The van der Waals surface area contributed by atoms with E-state index in [1.54, 1.807) is 0 Å². The summed E-state index contributed by atoms with van der Waals surface area (Å²) in [5.74, 6) is -2.22. The highest BCUT2D eigenvalue weighted by Gasteiger charge is 2.09. The summed E-state index contributed by atoms with van der Waals surface area (Å²) in [6.45, 7) is 1.32. The van der Waals surface area contributed by atoms with Crippen molar-refractivity contribution < 1.29 is 23.9 Å². The van der Waals surface area contributed by atoms with Crippen LogP contribution in [0.4, 0.5) is 15.8 Å². The van der Waals surface area contributed by atoms with Crippen LogP contribution in [-0.4, -0.2) is 22.9 Å². The number of benzene rings is 1. The summed E-state index contributed by atoms with van der Waals surface area (Å²) in [6, 6.07) is 3.86. The van der Waals surface area contributed by atoms with E-state index in [2.05, 4.69) is 10.6 Å². The Balaban J connectivity index is 2.54. The number of rotatable bonds is 7. The van der Waals surface area contributed by atoms with Crippen LogP contribution in [0.5, 0.6) is 0 Å². The number of carbonyl (C=O) groups excluding carboxylic acids is 2. The number of amides is 2. The minimum Gasteiger partial charge on any atom is -0.481 e. The number of carboxylic acids is 1. The van der Waals surface area contributed by atoms with Crippen molar-refractivity contribution in [3.05, 3.63) is 24.0 Å². The average molecular weight is 296 g/mol. The van der Waals surface area contributed by atoms with Crippen LogP contribution in [0.3, 0.4) is 0 Å². The van der Waals surface area contributed by atoms with Gasteiger partial charge in [0.2, 0.25) is 11.8 Å². The number of nitrogens with one attached hydrogen (secondary N) is 2. The van der Waals surface area contributed by atoms with Gasteiger partial charge in [0, 0.05) is 25.5 Å². The van der Waals surface area contributed by atoms with Crippen molar-refractivity contribution in [2.45, 2.75) is 32.6 Å². The molecule has 0 aliphatic rings. The van der Waals surface area contributed by atoms with Crippen LogP contribution < -0.4 is 10.6 Å². The van der Waals surface area contributed by atoms with Crippen molar-refractivity contribution in [2.24, 2.45) is 0 Å². The van der Waals surface area contributed by atoms with Gasteiger partial charge in [-0.3, -0.25) is 14.4 Å². The van der Waals surface area contributed by atoms with Crippen LogP contribution in [-0.2, 0) is 14.4 Å². The van der Waals surface area contributed by atoms with E-state index >= 15 is 0 Å². The normalized spacial score (nSPS) is 10.0. The molecule has 0 aliphatic carbocycles. The molecule has 0 atom stereocenters. The van der Waals surface area contributed by atoms with E-state index < -0.39 is 17.7 Å². The maximum absolute atomic E-state index is 13.6. The smallest absolute Gasteiger partial charge is 0.303 e. The van der Waals surface area contributed by atoms with E-state index in [1.165, 1.54) is 19.1 Å². The van der Waals surface area contributed by atoms with E-state index in [0.717, 1.165) is 6.07 Å². The Hall–Kier alpha value is -2.44. The van der Waals surface area contributed by atoms with Gasteiger partial charge in [-0.25, -0.2) is 4.39 Å². The molecule has 1 aromatic rings. The van der Waals surface area contributed by atoms with Gasteiger partial charge in [0.15, 0.2) is 0 Å². The monoisotopic (exact) mass is 296 g/mol. The molecule has 1 rings (SSSR count). The average Bonchev–Trinajstić information content (AvgIpc) is 2.38. The molecule has 0 saturated heterocycles. The Morgan fingerprint density at radius 3 is 2.43 bits per heavy atom. The number of carbonyl (C=O) groups is 3. The fourth-order valence-electron chi connectivity index (χ4n) is 1.68. The summed E-state index contributed by atoms with van der Waals surface area (Å²) in [6.07, 6.45) is 0.902. The van der Waals surface area contributed by atoms with E-state index in [1.807, 2.05) is 0 Å². The summed E-state index contributed by atoms with van der Waals surface area (Å²) in [7, 11) is 0. The van der Waals surface area contributed by atoms with Crippen LogP contribution in [0.1, 0.15) is 32.6 Å². The third-order valence-corrected chi connectivity index (χ3v) is 2.61. The first-order valence-electron chi connectivity index (χ1n) is 6.47. The summed E-state index contributed by atoms with van der Waals surface area (Å²) >= 11 is 0. The van der Waals surface area contributed by atoms with Gasteiger partial charge in [-0.05, 0) is 31.0 Å². The molecule has 0 aromatic heterocycles. The molecule has 0 aliphatic heterocycles. The van der Waals surface area contributed by atoms with Gasteiger partial charge in [-0.15, -0.1) is 0 Å². The third kappa shape index (κ3) is 6.51. The zero-order chi connectivity index (χ0) is 15.8. The van der Waals surface area contributed by atoms with Gasteiger partial charge in [-0.2, -0.15) is 0 Å². The lowest BCUT2D eigenvalue weighted by Gasteiger charge is -2.09. The lowest BCUT2D eigenvalue weighted by Crippen LogP contribution is -2.13. The number of hydrogen-bond acceptors (Lipinski definition) is 3. The summed E-state index contributed by atoms with van der Waals surface area (Å²) in [5.41, 5.74) is 0.356. The van der Waals surface area contributed by atoms with Gasteiger partial charge in [-0.1, -0.05) is 0 Å². The van der Waals surface area contributed by atoms with Crippen LogP contribution in [0, 0.1) is 5.82 Å². The van der Waals surface area contributed by atoms with Gasteiger partial charge in [0.05, 0.1) is 5.69 Å². The van der Waals surface area contributed by atoms with Crippen molar-refractivity contribution in [3.8, 4) is 0 Å². The number of carboxylic acid groups (broad SMARTS) is 1. The fraction of sp³-hybridized carbons (Fsp3) is 0.357. The Morgan fingerprint density at radius 2 is 1.81 bits per heavy atom. The highest BCUT2D eigenvalue weighted by Crippen LogP contribution is 2.20. The lowest BCUT2D eigenvalue weighted by molar-refractivity contribution is -0.137. The molecule has 0 bridgehead atoms. The Morgan fingerprint density at radius 1 is 1.14 bits per heavy atom. The molecule has 6 nitrogen and oxygen atoms in total. The molecule has 1 aromatic carbocycles. The Labute approximate surface area is 121 Å². The van der Waals surface area contributed by atoms with Crippen molar-refractivity contribution in [1.82, 2.24) is 0 Å². The largest absolute Gasteiger partial charge is 0.481 e. The second-order valence-corrected chi connectivity index (χ2v) is 4.52. The zero-order valence-corrected chi connectivity index (χ0v) is 11.6. The van der Waals surface area contributed by atoms with E-state index in [0.29, 0.717) is 18.5 Å². The van der Waals surface area contributed by atoms with Crippen molar-refractivity contribution in [3.63, 3.8) is 0 Å². The highest BCUT2D eigenvalue weighted by molar-refractivity contribution is 5.93. The standard InChI is InChI=1S/C14H17FN2O4/c1-9(18)16-10-6-7-11(15)12(8-10)17-13(19)4-2-3-5-14(20)21/h6-8H,2-5H2,1H3,(H,16,18)(H,17,19)(H,20,21). The second-order valence-electron chi connectivity index (χ2n) is 4.52. The molecular formula is C14H17FN2O4. The zero-order valence-electron chi connectivity index (χ0n) is 11.6. The summed E-state index contributed by atoms with van der Waals surface area (Å²) in [5, 5.41) is 13.4. The Kier molecular flexibility index (Phi) is 6.32. The molecule has 0 spiro atoms. The molecule has 114 valence electrons. The number of aliphatic carboxylic acids is 1. The quantitative estimate of drug-likeness (QED) is 0.673. The van der Waals surface area contributed by atoms with Crippen molar-refractivity contribution in [1.29, 1.82) is 0 Å². The number of unbranched alkanes of at least 4 members (excludes halogenated alkanes) is 1. The molecule has 0 fully saturated rings. The first-order chi connectivity index (χ1) is 9.88. The highest BCUT2D eigenvalue weighted by atomic mass is 19.1. The predicted molar refractivity (Wildman–Crippen MR) is 75.4 cm³/mol. The molecule has 3 N–H and O–H groups in total. The summed E-state index contributed by atoms with van der Waals surface area (Å²) < 4.78 is 13.6. The SMILES string of the molecule is CC(=O)Nc1ccc(F)c(NC(=O)CCCCC(=O)O)c1. The number of anilines is 2. The molecule has 0 radical (unpaired) electrons. The lowest BCUT2D eigenvalue weighted by atomic mass is 10.2. The first kappa shape index (κ1) is 16.6. The molecule has 7 heteroatoms. The second kappa shape index (κ2) is 7.98. The van der Waals surface area contributed by atoms with E-state index in [4.69, 9.17) is 5.11 Å². The minimum atomic E-state index is -0.913. The van der Waals surface area contributed by atoms with Crippen LogP contribution >= 0.6 is 0 Å². The molecule has 0 heterocycles. The molecule has 0 unspecified atom stereocenters.